The Labute approximate surface area is 420 Å². The third-order valence-electron chi connectivity index (χ3n) is 12.1. The van der Waals surface area contributed by atoms with E-state index in [0.29, 0.717) is 19.3 Å². The van der Waals surface area contributed by atoms with Crippen molar-refractivity contribution in [1.29, 1.82) is 0 Å². The molecule has 390 valence electrons. The maximum absolute atomic E-state index is 12.8. The molecule has 0 bridgehead atoms. The van der Waals surface area contributed by atoms with Gasteiger partial charge in [0.05, 0.1) is 0 Å². The SMILES string of the molecule is CCCC/C=C/C/C=C/CCCCCCCC(=O)OC[C@H](COC(=O)CCCCCCCCCCC/C=C/C/C=C/CCCCC)OC(=O)CCCCCC/C=C/C/C=C/C/C=C/CCCCC. The number of unbranched alkanes of at least 4 members (excludes halogenated alkanes) is 26. The Hall–Kier alpha value is -3.41. The van der Waals surface area contributed by atoms with Gasteiger partial charge in [-0.3, -0.25) is 14.4 Å². The third kappa shape index (κ3) is 53.5. The van der Waals surface area contributed by atoms with E-state index in [1.54, 1.807) is 0 Å². The molecule has 0 aliphatic heterocycles. The van der Waals surface area contributed by atoms with Gasteiger partial charge in [-0.2, -0.15) is 0 Å². The van der Waals surface area contributed by atoms with Gasteiger partial charge in [-0.1, -0.05) is 221 Å². The van der Waals surface area contributed by atoms with Crippen molar-refractivity contribution in [3.63, 3.8) is 0 Å². The predicted octanol–water partition coefficient (Wildman–Crippen LogP) is 19.2. The lowest BCUT2D eigenvalue weighted by atomic mass is 10.1. The van der Waals surface area contributed by atoms with Crippen molar-refractivity contribution in [3.05, 3.63) is 85.1 Å². The number of carbonyl (C=O) groups excluding carboxylic acids is 3. The average molecular weight is 948 g/mol. The highest BCUT2D eigenvalue weighted by molar-refractivity contribution is 5.71. The van der Waals surface area contributed by atoms with Gasteiger partial charge in [-0.25, -0.2) is 0 Å². The number of allylic oxidation sites excluding steroid dienone is 14. The molecule has 0 heterocycles. The summed E-state index contributed by atoms with van der Waals surface area (Å²) in [5.74, 6) is -0.928. The van der Waals surface area contributed by atoms with Crippen molar-refractivity contribution in [2.75, 3.05) is 13.2 Å². The van der Waals surface area contributed by atoms with E-state index in [4.69, 9.17) is 14.2 Å². The van der Waals surface area contributed by atoms with Gasteiger partial charge in [-0.15, -0.1) is 0 Å². The Morgan fingerprint density at radius 2 is 0.544 bits per heavy atom. The van der Waals surface area contributed by atoms with Crippen LogP contribution in [0.25, 0.3) is 0 Å². The lowest BCUT2D eigenvalue weighted by molar-refractivity contribution is -0.167. The zero-order valence-electron chi connectivity index (χ0n) is 44.6. The molecule has 6 heteroatoms. The summed E-state index contributed by atoms with van der Waals surface area (Å²) in [6.45, 7) is 6.52. The Morgan fingerprint density at radius 3 is 0.868 bits per heavy atom. The van der Waals surface area contributed by atoms with Crippen molar-refractivity contribution < 1.29 is 28.6 Å². The quantitative estimate of drug-likeness (QED) is 0.0262. The molecule has 0 aliphatic rings. The summed E-state index contributed by atoms with van der Waals surface area (Å²) in [6, 6.07) is 0. The fourth-order valence-corrected chi connectivity index (χ4v) is 7.73. The van der Waals surface area contributed by atoms with Gasteiger partial charge in [-0.05, 0) is 116 Å². The standard InChI is InChI=1S/C62H106O6/c1-4-7-10-13-16-19-22-25-28-30-31-33-34-37-40-43-46-49-52-55-61(64)67-58-59(57-66-60(63)54-51-48-45-42-39-36-27-24-21-18-15-12-9-6-3)68-62(65)56-53-50-47-44-41-38-35-32-29-26-23-20-17-14-11-8-5-2/h15-20,24-29,35,38,59H,4-14,21-23,30-34,36-37,39-58H2,1-3H3/b18-15+,19-16+,20-17+,27-24+,28-25+,29-26+,38-35+/t59-/m1/s1. The van der Waals surface area contributed by atoms with E-state index in [9.17, 15) is 14.4 Å². The topological polar surface area (TPSA) is 78.9 Å². The molecular weight excluding hydrogens is 841 g/mol. The van der Waals surface area contributed by atoms with Crippen LogP contribution in [-0.4, -0.2) is 37.2 Å². The Bertz CT molecular complexity index is 1320. The van der Waals surface area contributed by atoms with Crippen molar-refractivity contribution in [1.82, 2.24) is 0 Å². The number of carbonyl (C=O) groups is 3. The summed E-state index contributed by atoms with van der Waals surface area (Å²) in [6.07, 6.45) is 72.8. The van der Waals surface area contributed by atoms with Crippen molar-refractivity contribution in [2.24, 2.45) is 0 Å². The lowest BCUT2D eigenvalue weighted by Crippen LogP contribution is -2.30. The van der Waals surface area contributed by atoms with Crippen molar-refractivity contribution >= 4 is 17.9 Å². The molecule has 6 nitrogen and oxygen atoms in total. The third-order valence-corrected chi connectivity index (χ3v) is 12.1. The van der Waals surface area contributed by atoms with Gasteiger partial charge in [0.15, 0.2) is 6.10 Å². The zero-order valence-corrected chi connectivity index (χ0v) is 44.6. The summed E-state index contributed by atoms with van der Waals surface area (Å²) in [4.78, 5) is 38.1. The van der Waals surface area contributed by atoms with E-state index in [1.165, 1.54) is 116 Å². The Morgan fingerprint density at radius 1 is 0.294 bits per heavy atom. The normalized spacial score (nSPS) is 12.7. The first-order chi connectivity index (χ1) is 33.5. The molecule has 0 aromatic heterocycles. The van der Waals surface area contributed by atoms with Gasteiger partial charge in [0.25, 0.3) is 0 Å². The molecule has 0 aromatic carbocycles. The summed E-state index contributed by atoms with van der Waals surface area (Å²) in [7, 11) is 0. The highest BCUT2D eigenvalue weighted by Gasteiger charge is 2.19. The van der Waals surface area contributed by atoms with Crippen LogP contribution in [0.2, 0.25) is 0 Å². The fourth-order valence-electron chi connectivity index (χ4n) is 7.73. The second-order valence-electron chi connectivity index (χ2n) is 18.8. The number of hydrogen-bond donors (Lipinski definition) is 0. The van der Waals surface area contributed by atoms with E-state index >= 15 is 0 Å². The number of rotatable bonds is 51. The molecule has 0 radical (unpaired) electrons. The fraction of sp³-hybridized carbons (Fsp3) is 0.726. The molecule has 0 fully saturated rings. The van der Waals surface area contributed by atoms with Crippen LogP contribution in [0.4, 0.5) is 0 Å². The van der Waals surface area contributed by atoms with E-state index in [1.807, 2.05) is 0 Å². The molecule has 0 aromatic rings. The van der Waals surface area contributed by atoms with E-state index < -0.39 is 6.10 Å². The first-order valence-electron chi connectivity index (χ1n) is 28.6. The average Bonchev–Trinajstić information content (AvgIpc) is 3.34. The highest BCUT2D eigenvalue weighted by Crippen LogP contribution is 2.14. The first kappa shape index (κ1) is 64.6. The van der Waals surface area contributed by atoms with Crippen LogP contribution in [0, 0.1) is 0 Å². The van der Waals surface area contributed by atoms with Crippen LogP contribution in [0.5, 0.6) is 0 Å². The van der Waals surface area contributed by atoms with Crippen LogP contribution in [0.1, 0.15) is 271 Å². The maximum atomic E-state index is 12.8. The van der Waals surface area contributed by atoms with Gasteiger partial charge in [0, 0.05) is 19.3 Å². The molecule has 0 N–H and O–H groups in total. The minimum absolute atomic E-state index is 0.0926. The Balaban J connectivity index is 4.44. The summed E-state index contributed by atoms with van der Waals surface area (Å²) >= 11 is 0. The van der Waals surface area contributed by atoms with E-state index in [2.05, 4.69) is 106 Å². The van der Waals surface area contributed by atoms with Gasteiger partial charge in [0.2, 0.25) is 0 Å². The van der Waals surface area contributed by atoms with Crippen LogP contribution in [0.15, 0.2) is 85.1 Å². The molecule has 0 unspecified atom stereocenters. The molecule has 0 saturated carbocycles. The summed E-state index contributed by atoms with van der Waals surface area (Å²) in [5, 5.41) is 0. The van der Waals surface area contributed by atoms with Gasteiger partial charge >= 0.3 is 17.9 Å². The maximum Gasteiger partial charge on any atom is 0.306 e. The second kappa shape index (κ2) is 56.2. The predicted molar refractivity (Wildman–Crippen MR) is 293 cm³/mol. The van der Waals surface area contributed by atoms with Crippen LogP contribution in [0.3, 0.4) is 0 Å². The van der Waals surface area contributed by atoms with Crippen molar-refractivity contribution in [3.8, 4) is 0 Å². The minimum Gasteiger partial charge on any atom is -0.462 e. The largest absolute Gasteiger partial charge is 0.462 e. The van der Waals surface area contributed by atoms with E-state index in [0.717, 1.165) is 116 Å². The molecule has 0 saturated heterocycles. The summed E-state index contributed by atoms with van der Waals surface area (Å²) in [5.41, 5.74) is 0. The molecule has 68 heavy (non-hydrogen) atoms. The molecule has 0 amide bonds. The Kier molecular flexibility index (Phi) is 53.4. The van der Waals surface area contributed by atoms with Gasteiger partial charge < -0.3 is 14.2 Å². The zero-order chi connectivity index (χ0) is 49.3. The van der Waals surface area contributed by atoms with Crippen LogP contribution in [-0.2, 0) is 28.6 Å². The highest BCUT2D eigenvalue weighted by atomic mass is 16.6. The number of ether oxygens (including phenoxy) is 3. The number of hydrogen-bond acceptors (Lipinski definition) is 6. The second-order valence-corrected chi connectivity index (χ2v) is 18.8. The van der Waals surface area contributed by atoms with Crippen LogP contribution >= 0.6 is 0 Å². The monoisotopic (exact) mass is 947 g/mol. The summed E-state index contributed by atoms with van der Waals surface area (Å²) < 4.78 is 16.8. The molecule has 0 spiro atoms. The van der Waals surface area contributed by atoms with Gasteiger partial charge in [0.1, 0.15) is 13.2 Å². The van der Waals surface area contributed by atoms with Crippen molar-refractivity contribution in [2.45, 2.75) is 277 Å². The van der Waals surface area contributed by atoms with Crippen LogP contribution < -0.4 is 0 Å². The lowest BCUT2D eigenvalue weighted by Gasteiger charge is -2.18. The molecule has 0 rings (SSSR count). The molecule has 1 atom stereocenters. The molecule has 0 aliphatic carbocycles. The minimum atomic E-state index is -0.797. The van der Waals surface area contributed by atoms with E-state index in [-0.39, 0.29) is 31.1 Å². The smallest absolute Gasteiger partial charge is 0.306 e. The first-order valence-corrected chi connectivity index (χ1v) is 28.6. The molecular formula is C62H106O6. The number of esters is 3.